The third kappa shape index (κ3) is 3.76. The van der Waals surface area contributed by atoms with Gasteiger partial charge in [0.2, 0.25) is 5.91 Å². The molecule has 0 aliphatic carbocycles. The molecule has 3 N–H and O–H groups in total. The monoisotopic (exact) mass is 289 g/mol. The van der Waals surface area contributed by atoms with Gasteiger partial charge in [0.1, 0.15) is 5.54 Å². The maximum atomic E-state index is 12.0. The van der Waals surface area contributed by atoms with Gasteiger partial charge in [-0.05, 0) is 51.7 Å². The topological polar surface area (TPSA) is 58.4 Å². The highest BCUT2D eigenvalue weighted by Crippen LogP contribution is 2.27. The fourth-order valence-electron chi connectivity index (χ4n) is 3.15. The number of hydrogen-bond acceptors (Lipinski definition) is 3. The van der Waals surface area contributed by atoms with E-state index in [1.807, 2.05) is 20.8 Å². The van der Waals surface area contributed by atoms with E-state index in [0.717, 1.165) is 19.4 Å². The minimum Gasteiger partial charge on any atom is -0.369 e. The molecule has 1 aliphatic rings. The predicted octanol–water partition coefficient (Wildman–Crippen LogP) is 2.07. The number of nitrogens with one attached hydrogen (secondary N) is 1. The number of fused-ring (bicyclic) bond motifs is 1. The molecule has 0 saturated heterocycles. The van der Waals surface area contributed by atoms with Gasteiger partial charge in [-0.15, -0.1) is 0 Å². The van der Waals surface area contributed by atoms with Crippen molar-refractivity contribution in [2.45, 2.75) is 51.6 Å². The van der Waals surface area contributed by atoms with Crippen LogP contribution in [-0.4, -0.2) is 30.6 Å². The van der Waals surface area contributed by atoms with Crippen LogP contribution < -0.4 is 16.0 Å². The quantitative estimate of drug-likeness (QED) is 0.872. The van der Waals surface area contributed by atoms with Gasteiger partial charge in [0.15, 0.2) is 0 Å². The van der Waals surface area contributed by atoms with Crippen LogP contribution >= 0.6 is 0 Å². The summed E-state index contributed by atoms with van der Waals surface area (Å²) >= 11 is 0. The summed E-state index contributed by atoms with van der Waals surface area (Å²) in [5.74, 6) is -0.294. The molecule has 1 unspecified atom stereocenters. The van der Waals surface area contributed by atoms with Gasteiger partial charge in [0, 0.05) is 24.8 Å². The molecule has 21 heavy (non-hydrogen) atoms. The SMILES string of the molecule is CC(C)NC(C)(CN1CCCCc2ccccc21)C(N)=O. The Balaban J connectivity index is 2.26. The van der Waals surface area contributed by atoms with Crippen LogP contribution in [0.2, 0.25) is 0 Å². The van der Waals surface area contributed by atoms with E-state index in [9.17, 15) is 4.79 Å². The van der Waals surface area contributed by atoms with Crippen LogP contribution in [0.15, 0.2) is 24.3 Å². The summed E-state index contributed by atoms with van der Waals surface area (Å²) < 4.78 is 0. The minimum absolute atomic E-state index is 0.213. The molecule has 1 atom stereocenters. The molecule has 1 aromatic carbocycles. The van der Waals surface area contributed by atoms with Crippen molar-refractivity contribution >= 4 is 11.6 Å². The molecule has 116 valence electrons. The highest BCUT2D eigenvalue weighted by Gasteiger charge is 2.34. The normalized spacial score (nSPS) is 18.0. The summed E-state index contributed by atoms with van der Waals surface area (Å²) in [6.45, 7) is 7.56. The van der Waals surface area contributed by atoms with E-state index < -0.39 is 5.54 Å². The number of amides is 1. The van der Waals surface area contributed by atoms with Crippen LogP contribution in [0.5, 0.6) is 0 Å². The van der Waals surface area contributed by atoms with E-state index in [4.69, 9.17) is 5.73 Å². The zero-order valence-electron chi connectivity index (χ0n) is 13.4. The van der Waals surface area contributed by atoms with Gasteiger partial charge < -0.3 is 10.6 Å². The average molecular weight is 289 g/mol. The molecule has 1 heterocycles. The Morgan fingerprint density at radius 3 is 2.76 bits per heavy atom. The Morgan fingerprint density at radius 2 is 2.10 bits per heavy atom. The van der Waals surface area contributed by atoms with Gasteiger partial charge in [0.25, 0.3) is 0 Å². The molecular formula is C17H27N3O. The molecule has 0 fully saturated rings. The third-order valence-electron chi connectivity index (χ3n) is 4.11. The summed E-state index contributed by atoms with van der Waals surface area (Å²) in [5.41, 5.74) is 7.56. The number of nitrogens with zero attached hydrogens (tertiary/aromatic N) is 1. The Bertz CT molecular complexity index is 501. The van der Waals surface area contributed by atoms with E-state index in [1.54, 1.807) is 0 Å². The second-order valence-corrected chi connectivity index (χ2v) is 6.50. The highest BCUT2D eigenvalue weighted by molar-refractivity contribution is 5.85. The summed E-state index contributed by atoms with van der Waals surface area (Å²) in [6.07, 6.45) is 3.45. The van der Waals surface area contributed by atoms with Crippen LogP contribution in [0.3, 0.4) is 0 Å². The van der Waals surface area contributed by atoms with Crippen LogP contribution in [0, 0.1) is 0 Å². The Kier molecular flexibility index (Phi) is 4.88. The van der Waals surface area contributed by atoms with Crippen molar-refractivity contribution in [3.63, 3.8) is 0 Å². The second kappa shape index (κ2) is 6.48. The zero-order valence-corrected chi connectivity index (χ0v) is 13.4. The molecule has 0 bridgehead atoms. The first-order valence-corrected chi connectivity index (χ1v) is 7.83. The van der Waals surface area contributed by atoms with E-state index in [2.05, 4.69) is 34.5 Å². The fraction of sp³-hybridized carbons (Fsp3) is 0.588. The number of carbonyl (C=O) groups is 1. The van der Waals surface area contributed by atoms with Crippen molar-refractivity contribution in [3.05, 3.63) is 29.8 Å². The van der Waals surface area contributed by atoms with Crippen molar-refractivity contribution in [1.82, 2.24) is 5.32 Å². The second-order valence-electron chi connectivity index (χ2n) is 6.50. The summed E-state index contributed by atoms with van der Waals surface area (Å²) in [4.78, 5) is 14.3. The Hall–Kier alpha value is -1.55. The highest BCUT2D eigenvalue weighted by atomic mass is 16.1. The molecule has 1 amide bonds. The lowest BCUT2D eigenvalue weighted by molar-refractivity contribution is -0.123. The lowest BCUT2D eigenvalue weighted by atomic mass is 9.98. The first kappa shape index (κ1) is 15.8. The number of carbonyl (C=O) groups excluding carboxylic acids is 1. The van der Waals surface area contributed by atoms with Crippen molar-refractivity contribution in [1.29, 1.82) is 0 Å². The molecular weight excluding hydrogens is 262 g/mol. The van der Waals surface area contributed by atoms with E-state index in [0.29, 0.717) is 6.54 Å². The van der Waals surface area contributed by atoms with E-state index in [-0.39, 0.29) is 11.9 Å². The average Bonchev–Trinajstić information content (AvgIpc) is 2.60. The maximum absolute atomic E-state index is 12.0. The van der Waals surface area contributed by atoms with Gasteiger partial charge in [-0.25, -0.2) is 0 Å². The third-order valence-corrected chi connectivity index (χ3v) is 4.11. The number of anilines is 1. The number of rotatable bonds is 5. The lowest BCUT2D eigenvalue weighted by Gasteiger charge is -2.36. The van der Waals surface area contributed by atoms with Crippen LogP contribution in [0.25, 0.3) is 0 Å². The molecule has 0 radical (unpaired) electrons. The largest absolute Gasteiger partial charge is 0.369 e. The molecule has 1 aromatic rings. The molecule has 1 aliphatic heterocycles. The molecule has 4 heteroatoms. The number of primary amides is 1. The van der Waals surface area contributed by atoms with Crippen molar-refractivity contribution < 1.29 is 4.79 Å². The summed E-state index contributed by atoms with van der Waals surface area (Å²) in [6, 6.07) is 8.70. The number of nitrogens with two attached hydrogens (primary N) is 1. The first-order valence-electron chi connectivity index (χ1n) is 7.83. The Labute approximate surface area is 127 Å². The zero-order chi connectivity index (χ0) is 15.5. The van der Waals surface area contributed by atoms with Crippen molar-refractivity contribution in [2.24, 2.45) is 5.73 Å². The number of aryl methyl sites for hydroxylation is 1. The minimum atomic E-state index is -0.717. The van der Waals surface area contributed by atoms with Crippen LogP contribution in [0.4, 0.5) is 5.69 Å². The fourth-order valence-corrected chi connectivity index (χ4v) is 3.15. The number of hydrogen-bond donors (Lipinski definition) is 2. The van der Waals surface area contributed by atoms with Gasteiger partial charge in [0.05, 0.1) is 0 Å². The Morgan fingerprint density at radius 1 is 1.38 bits per heavy atom. The summed E-state index contributed by atoms with van der Waals surface area (Å²) in [7, 11) is 0. The standard InChI is InChI=1S/C17H27N3O/c1-13(2)19-17(3,16(18)21)12-20-11-7-6-9-14-8-4-5-10-15(14)20/h4-5,8,10,13,19H,6-7,9,11-12H2,1-3H3,(H2,18,21). The van der Waals surface area contributed by atoms with E-state index >= 15 is 0 Å². The number of benzene rings is 1. The first-order chi connectivity index (χ1) is 9.92. The molecule has 4 nitrogen and oxygen atoms in total. The maximum Gasteiger partial charge on any atom is 0.239 e. The smallest absolute Gasteiger partial charge is 0.239 e. The predicted molar refractivity (Wildman–Crippen MR) is 87.5 cm³/mol. The lowest BCUT2D eigenvalue weighted by Crippen LogP contribution is -2.61. The van der Waals surface area contributed by atoms with Crippen LogP contribution in [-0.2, 0) is 11.2 Å². The molecule has 0 saturated carbocycles. The van der Waals surface area contributed by atoms with Gasteiger partial charge in [-0.2, -0.15) is 0 Å². The van der Waals surface area contributed by atoms with Crippen molar-refractivity contribution in [2.75, 3.05) is 18.0 Å². The summed E-state index contributed by atoms with van der Waals surface area (Å²) in [5, 5.41) is 3.34. The molecule has 2 rings (SSSR count). The van der Waals surface area contributed by atoms with Crippen LogP contribution in [0.1, 0.15) is 39.2 Å². The van der Waals surface area contributed by atoms with Gasteiger partial charge in [-0.1, -0.05) is 18.2 Å². The van der Waals surface area contributed by atoms with E-state index in [1.165, 1.54) is 17.7 Å². The van der Waals surface area contributed by atoms with Crippen molar-refractivity contribution in [3.8, 4) is 0 Å². The molecule has 0 spiro atoms. The number of para-hydroxylation sites is 1. The van der Waals surface area contributed by atoms with Gasteiger partial charge >= 0.3 is 0 Å². The molecule has 0 aromatic heterocycles. The van der Waals surface area contributed by atoms with Gasteiger partial charge in [-0.3, -0.25) is 10.1 Å².